The third-order valence-electron chi connectivity index (χ3n) is 3.77. The van der Waals surface area contributed by atoms with E-state index in [1.165, 1.54) is 11.3 Å². The zero-order valence-corrected chi connectivity index (χ0v) is 13.0. The Morgan fingerprint density at radius 3 is 2.52 bits per heavy atom. The van der Waals surface area contributed by atoms with Crippen LogP contribution in [0, 0.1) is 6.92 Å². The van der Waals surface area contributed by atoms with Crippen LogP contribution in [0.5, 0.6) is 0 Å². The summed E-state index contributed by atoms with van der Waals surface area (Å²) in [7, 11) is 0. The van der Waals surface area contributed by atoms with Crippen molar-refractivity contribution < 1.29 is 0 Å². The average Bonchev–Trinajstić information content (AvgIpc) is 2.48. The molecule has 3 nitrogen and oxygen atoms in total. The topological polar surface area (TPSA) is 27.3 Å². The van der Waals surface area contributed by atoms with E-state index in [0.29, 0.717) is 0 Å². The van der Waals surface area contributed by atoms with Gasteiger partial charge in [-0.2, -0.15) is 0 Å². The molecule has 2 aromatic carbocycles. The first-order chi connectivity index (χ1) is 10.2. The van der Waals surface area contributed by atoms with E-state index >= 15 is 0 Å². The van der Waals surface area contributed by atoms with E-state index in [0.717, 1.165) is 42.6 Å². The van der Waals surface area contributed by atoms with E-state index in [1.807, 2.05) is 24.3 Å². The van der Waals surface area contributed by atoms with E-state index in [4.69, 9.17) is 11.6 Å². The van der Waals surface area contributed by atoms with E-state index in [1.54, 1.807) is 0 Å². The summed E-state index contributed by atoms with van der Waals surface area (Å²) in [4.78, 5) is 2.44. The molecule has 2 aromatic rings. The summed E-state index contributed by atoms with van der Waals surface area (Å²) in [5, 5.41) is 7.53. The monoisotopic (exact) mass is 301 g/mol. The molecular weight excluding hydrogens is 282 g/mol. The molecule has 0 unspecified atom stereocenters. The fourth-order valence-corrected chi connectivity index (χ4v) is 2.92. The second-order valence-corrected chi connectivity index (χ2v) is 5.81. The molecule has 2 N–H and O–H groups in total. The summed E-state index contributed by atoms with van der Waals surface area (Å²) in [6.07, 6.45) is 0. The summed E-state index contributed by atoms with van der Waals surface area (Å²) in [5.74, 6) is 0. The highest BCUT2D eigenvalue weighted by atomic mass is 35.5. The highest BCUT2D eigenvalue weighted by Crippen LogP contribution is 2.26. The first-order valence-electron chi connectivity index (χ1n) is 7.31. The Morgan fingerprint density at radius 2 is 1.81 bits per heavy atom. The van der Waals surface area contributed by atoms with E-state index in [9.17, 15) is 0 Å². The van der Waals surface area contributed by atoms with E-state index in [-0.39, 0.29) is 0 Å². The fourth-order valence-electron chi connectivity index (χ4n) is 2.73. The fraction of sp³-hybridized carbons (Fsp3) is 0.294. The number of hydrogen-bond acceptors (Lipinski definition) is 3. The molecular formula is C17H20ClN3. The molecule has 1 heterocycles. The van der Waals surface area contributed by atoms with Crippen LogP contribution >= 0.6 is 11.6 Å². The number of nitrogens with one attached hydrogen (secondary N) is 2. The predicted molar refractivity (Wildman–Crippen MR) is 91.0 cm³/mol. The molecule has 0 atom stereocenters. The van der Waals surface area contributed by atoms with Gasteiger partial charge in [0, 0.05) is 48.3 Å². The summed E-state index contributed by atoms with van der Waals surface area (Å²) < 4.78 is 0. The highest BCUT2D eigenvalue weighted by molar-refractivity contribution is 6.30. The van der Waals surface area contributed by atoms with Crippen LogP contribution in [0.4, 0.5) is 17.1 Å². The van der Waals surface area contributed by atoms with Gasteiger partial charge in [0.25, 0.3) is 0 Å². The Kier molecular flexibility index (Phi) is 4.32. The number of halogens is 1. The van der Waals surface area contributed by atoms with Crippen LogP contribution in [-0.2, 0) is 0 Å². The maximum absolute atomic E-state index is 6.02. The normalized spacial score (nSPS) is 15.0. The summed E-state index contributed by atoms with van der Waals surface area (Å²) >= 11 is 6.02. The Hall–Kier alpha value is -1.71. The van der Waals surface area contributed by atoms with Crippen molar-refractivity contribution in [3.63, 3.8) is 0 Å². The van der Waals surface area contributed by atoms with Gasteiger partial charge >= 0.3 is 0 Å². The predicted octanol–water partition coefficient (Wildman–Crippen LogP) is 3.80. The van der Waals surface area contributed by atoms with Crippen molar-refractivity contribution in [1.82, 2.24) is 5.32 Å². The molecule has 110 valence electrons. The molecule has 0 aromatic heterocycles. The number of hydrogen-bond donors (Lipinski definition) is 2. The van der Waals surface area contributed by atoms with Crippen molar-refractivity contribution in [2.24, 2.45) is 0 Å². The number of piperazine rings is 1. The summed E-state index contributed by atoms with van der Waals surface area (Å²) in [6, 6.07) is 14.3. The van der Waals surface area contributed by atoms with Gasteiger partial charge < -0.3 is 15.5 Å². The average molecular weight is 302 g/mol. The van der Waals surface area contributed by atoms with Crippen molar-refractivity contribution >= 4 is 28.7 Å². The third kappa shape index (κ3) is 3.49. The molecule has 0 aliphatic carbocycles. The van der Waals surface area contributed by atoms with Crippen molar-refractivity contribution in [3.05, 3.63) is 53.1 Å². The van der Waals surface area contributed by atoms with Crippen LogP contribution in [0.1, 0.15) is 5.56 Å². The Labute approximate surface area is 130 Å². The van der Waals surface area contributed by atoms with Crippen molar-refractivity contribution in [1.29, 1.82) is 0 Å². The lowest BCUT2D eigenvalue weighted by molar-refractivity contribution is 0.588. The van der Waals surface area contributed by atoms with Crippen LogP contribution in [0.3, 0.4) is 0 Å². The minimum atomic E-state index is 0.745. The molecule has 0 bridgehead atoms. The van der Waals surface area contributed by atoms with Gasteiger partial charge in [-0.3, -0.25) is 0 Å². The van der Waals surface area contributed by atoms with E-state index in [2.05, 4.69) is 40.7 Å². The van der Waals surface area contributed by atoms with Gasteiger partial charge in [0.05, 0.1) is 0 Å². The molecule has 3 rings (SSSR count). The van der Waals surface area contributed by atoms with E-state index < -0.39 is 0 Å². The number of nitrogens with zero attached hydrogens (tertiary/aromatic N) is 1. The van der Waals surface area contributed by atoms with Crippen molar-refractivity contribution in [2.75, 3.05) is 36.4 Å². The first-order valence-corrected chi connectivity index (χ1v) is 7.69. The minimum absolute atomic E-state index is 0.745. The lowest BCUT2D eigenvalue weighted by atomic mass is 10.1. The number of benzene rings is 2. The Bertz CT molecular complexity index is 621. The Balaban J connectivity index is 1.77. The zero-order valence-electron chi connectivity index (χ0n) is 12.2. The van der Waals surface area contributed by atoms with Gasteiger partial charge in [-0.25, -0.2) is 0 Å². The van der Waals surface area contributed by atoms with Crippen molar-refractivity contribution in [2.45, 2.75) is 6.92 Å². The smallest absolute Gasteiger partial charge is 0.0426 e. The van der Waals surface area contributed by atoms with Crippen LogP contribution in [0.15, 0.2) is 42.5 Å². The quantitative estimate of drug-likeness (QED) is 0.903. The largest absolute Gasteiger partial charge is 0.369 e. The van der Waals surface area contributed by atoms with Crippen molar-refractivity contribution in [3.8, 4) is 0 Å². The molecule has 4 heteroatoms. The second kappa shape index (κ2) is 6.37. The minimum Gasteiger partial charge on any atom is -0.369 e. The Morgan fingerprint density at radius 1 is 1.05 bits per heavy atom. The molecule has 1 fully saturated rings. The van der Waals surface area contributed by atoms with Gasteiger partial charge in [-0.15, -0.1) is 0 Å². The number of rotatable bonds is 3. The van der Waals surface area contributed by atoms with Crippen LogP contribution in [-0.4, -0.2) is 26.2 Å². The molecule has 1 aliphatic heterocycles. The standard InChI is InChI=1S/C17H20ClN3/c1-13-11-16(20-15-4-2-3-14(18)12-15)5-6-17(13)21-9-7-19-8-10-21/h2-6,11-12,19-20H,7-10H2,1H3. The van der Waals surface area contributed by atoms with Gasteiger partial charge in [0.2, 0.25) is 0 Å². The van der Waals surface area contributed by atoms with Gasteiger partial charge in [0.15, 0.2) is 0 Å². The first kappa shape index (κ1) is 14.2. The van der Waals surface area contributed by atoms with Crippen LogP contribution in [0.25, 0.3) is 0 Å². The van der Waals surface area contributed by atoms with Crippen LogP contribution in [0.2, 0.25) is 5.02 Å². The lowest BCUT2D eigenvalue weighted by Gasteiger charge is -2.31. The molecule has 0 radical (unpaired) electrons. The molecule has 1 aliphatic rings. The van der Waals surface area contributed by atoms with Crippen LogP contribution < -0.4 is 15.5 Å². The van der Waals surface area contributed by atoms with Gasteiger partial charge in [0.1, 0.15) is 0 Å². The summed E-state index contributed by atoms with van der Waals surface area (Å²) in [5.41, 5.74) is 4.72. The molecule has 0 amide bonds. The molecule has 21 heavy (non-hydrogen) atoms. The van der Waals surface area contributed by atoms with Gasteiger partial charge in [-0.1, -0.05) is 17.7 Å². The lowest BCUT2D eigenvalue weighted by Crippen LogP contribution is -2.43. The maximum atomic E-state index is 6.02. The highest BCUT2D eigenvalue weighted by Gasteiger charge is 2.12. The zero-order chi connectivity index (χ0) is 14.7. The van der Waals surface area contributed by atoms with Gasteiger partial charge in [-0.05, 0) is 48.9 Å². The molecule has 0 saturated carbocycles. The number of aryl methyl sites for hydroxylation is 1. The second-order valence-electron chi connectivity index (χ2n) is 5.37. The third-order valence-corrected chi connectivity index (χ3v) is 4.00. The molecule has 1 saturated heterocycles. The summed E-state index contributed by atoms with van der Waals surface area (Å²) in [6.45, 7) is 6.42. The molecule has 0 spiro atoms. The maximum Gasteiger partial charge on any atom is 0.0426 e. The SMILES string of the molecule is Cc1cc(Nc2cccc(Cl)c2)ccc1N1CCNCC1. The number of anilines is 3.